The molecular weight excluding hydrogens is 304 g/mol. The number of carbonyl (C=O) groups is 2. The second-order valence-corrected chi connectivity index (χ2v) is 6.26. The Morgan fingerprint density at radius 2 is 1.79 bits per heavy atom. The standard InChI is InChI=1S/C20H16O4/c21-18-15-4-1-2-5-17(15)24-20(10-3-11-20)16(18)12-13-6-8-14(9-7-13)19(22)23/h1-2,4-9,12H,3,10-11H2,(H,22,23). The van der Waals surface area contributed by atoms with Crippen LogP contribution in [0.15, 0.2) is 54.1 Å². The molecule has 2 aromatic rings. The summed E-state index contributed by atoms with van der Waals surface area (Å²) >= 11 is 0. The molecule has 4 rings (SSSR count). The summed E-state index contributed by atoms with van der Waals surface area (Å²) in [7, 11) is 0. The number of ketones is 1. The molecule has 120 valence electrons. The first-order valence-electron chi connectivity index (χ1n) is 7.97. The fourth-order valence-corrected chi connectivity index (χ4v) is 3.32. The summed E-state index contributed by atoms with van der Waals surface area (Å²) in [4.78, 5) is 23.9. The third kappa shape index (κ3) is 2.22. The van der Waals surface area contributed by atoms with Crippen LogP contribution < -0.4 is 4.74 Å². The fraction of sp³-hybridized carbons (Fsp3) is 0.200. The SMILES string of the molecule is O=C(O)c1ccc(C=C2C(=O)c3ccccc3OC23CCC3)cc1. The number of carboxylic acids is 1. The molecule has 0 unspecified atom stereocenters. The van der Waals surface area contributed by atoms with Gasteiger partial charge < -0.3 is 9.84 Å². The molecule has 0 atom stereocenters. The molecule has 0 bridgehead atoms. The van der Waals surface area contributed by atoms with Crippen LogP contribution in [-0.4, -0.2) is 22.5 Å². The van der Waals surface area contributed by atoms with Crippen LogP contribution in [0.25, 0.3) is 6.08 Å². The number of carboxylic acid groups (broad SMARTS) is 1. The van der Waals surface area contributed by atoms with Crippen molar-refractivity contribution in [2.24, 2.45) is 0 Å². The Bertz CT molecular complexity index is 857. The predicted molar refractivity (Wildman–Crippen MR) is 89.4 cm³/mol. The number of Topliss-reactive ketones (excluding diaryl/α,β-unsaturated/α-hetero) is 1. The Morgan fingerprint density at radius 3 is 2.42 bits per heavy atom. The van der Waals surface area contributed by atoms with Crippen LogP contribution >= 0.6 is 0 Å². The molecule has 1 N–H and O–H groups in total. The minimum atomic E-state index is -0.962. The predicted octanol–water partition coefficient (Wildman–Crippen LogP) is 3.97. The highest BCUT2D eigenvalue weighted by molar-refractivity contribution is 6.15. The van der Waals surface area contributed by atoms with Crippen molar-refractivity contribution in [3.05, 3.63) is 70.8 Å². The summed E-state index contributed by atoms with van der Waals surface area (Å²) in [5, 5.41) is 8.99. The van der Waals surface area contributed by atoms with Gasteiger partial charge in [-0.25, -0.2) is 4.79 Å². The molecule has 2 aromatic carbocycles. The van der Waals surface area contributed by atoms with E-state index < -0.39 is 11.6 Å². The lowest BCUT2D eigenvalue weighted by Crippen LogP contribution is -2.49. The van der Waals surface area contributed by atoms with Crippen LogP contribution in [-0.2, 0) is 0 Å². The number of hydrogen-bond donors (Lipinski definition) is 1. The summed E-state index contributed by atoms with van der Waals surface area (Å²) in [5.41, 5.74) is 1.75. The molecule has 1 aliphatic heterocycles. The minimum Gasteiger partial charge on any atom is -0.482 e. The van der Waals surface area contributed by atoms with Crippen LogP contribution in [0.3, 0.4) is 0 Å². The van der Waals surface area contributed by atoms with Gasteiger partial charge in [-0.05, 0) is 55.2 Å². The van der Waals surface area contributed by atoms with E-state index in [4.69, 9.17) is 9.84 Å². The van der Waals surface area contributed by atoms with Crippen LogP contribution in [0.2, 0.25) is 0 Å². The average Bonchev–Trinajstić information content (AvgIpc) is 2.56. The number of ether oxygens (including phenoxy) is 1. The van der Waals surface area contributed by atoms with E-state index in [0.29, 0.717) is 16.9 Å². The van der Waals surface area contributed by atoms with E-state index in [1.165, 1.54) is 0 Å². The van der Waals surface area contributed by atoms with Gasteiger partial charge in [0.2, 0.25) is 0 Å². The Labute approximate surface area is 139 Å². The third-order valence-electron chi connectivity index (χ3n) is 4.80. The van der Waals surface area contributed by atoms with Crippen LogP contribution in [0.5, 0.6) is 5.75 Å². The molecule has 1 saturated carbocycles. The van der Waals surface area contributed by atoms with Gasteiger partial charge >= 0.3 is 5.97 Å². The van der Waals surface area contributed by atoms with Gasteiger partial charge in [0, 0.05) is 5.57 Å². The number of carbonyl (C=O) groups excluding carboxylic acids is 1. The summed E-state index contributed by atoms with van der Waals surface area (Å²) in [6, 6.07) is 13.9. The lowest BCUT2D eigenvalue weighted by molar-refractivity contribution is 0.0200. The van der Waals surface area contributed by atoms with Crippen molar-refractivity contribution in [2.75, 3.05) is 0 Å². The van der Waals surface area contributed by atoms with Crippen molar-refractivity contribution >= 4 is 17.8 Å². The molecule has 0 amide bonds. The van der Waals surface area contributed by atoms with E-state index in [1.54, 1.807) is 30.3 Å². The highest BCUT2D eigenvalue weighted by atomic mass is 16.5. The normalized spacial score (nSPS) is 19.5. The molecule has 0 radical (unpaired) electrons. The molecule has 0 aromatic heterocycles. The van der Waals surface area contributed by atoms with E-state index in [-0.39, 0.29) is 11.3 Å². The van der Waals surface area contributed by atoms with Gasteiger partial charge in [0.25, 0.3) is 0 Å². The first-order chi connectivity index (χ1) is 11.6. The van der Waals surface area contributed by atoms with Gasteiger partial charge in [-0.1, -0.05) is 24.3 Å². The number of rotatable bonds is 2. The van der Waals surface area contributed by atoms with Crippen molar-refractivity contribution in [3.63, 3.8) is 0 Å². The number of para-hydroxylation sites is 1. The second-order valence-electron chi connectivity index (χ2n) is 6.26. The average molecular weight is 320 g/mol. The monoisotopic (exact) mass is 320 g/mol. The molecular formula is C20H16O4. The molecule has 1 aliphatic carbocycles. The van der Waals surface area contributed by atoms with Crippen molar-refractivity contribution in [3.8, 4) is 5.75 Å². The smallest absolute Gasteiger partial charge is 0.335 e. The van der Waals surface area contributed by atoms with Crippen LogP contribution in [0.4, 0.5) is 0 Å². The number of hydrogen-bond acceptors (Lipinski definition) is 3. The molecule has 1 heterocycles. The molecule has 4 heteroatoms. The molecule has 1 fully saturated rings. The number of aromatic carboxylic acids is 1. The Hall–Kier alpha value is -2.88. The van der Waals surface area contributed by atoms with Crippen LogP contribution in [0, 0.1) is 0 Å². The van der Waals surface area contributed by atoms with Gasteiger partial charge in [-0.3, -0.25) is 4.79 Å². The van der Waals surface area contributed by atoms with Gasteiger partial charge in [0.15, 0.2) is 5.78 Å². The molecule has 4 nitrogen and oxygen atoms in total. The maximum Gasteiger partial charge on any atom is 0.335 e. The third-order valence-corrected chi connectivity index (χ3v) is 4.80. The van der Waals surface area contributed by atoms with E-state index in [0.717, 1.165) is 24.8 Å². The topological polar surface area (TPSA) is 63.6 Å². The van der Waals surface area contributed by atoms with Gasteiger partial charge in [-0.2, -0.15) is 0 Å². The van der Waals surface area contributed by atoms with Crippen molar-refractivity contribution in [1.29, 1.82) is 0 Å². The van der Waals surface area contributed by atoms with Gasteiger partial charge in [0.05, 0.1) is 11.1 Å². The Balaban J connectivity index is 1.77. The van der Waals surface area contributed by atoms with Crippen molar-refractivity contribution in [1.82, 2.24) is 0 Å². The minimum absolute atomic E-state index is 0.00105. The lowest BCUT2D eigenvalue weighted by Gasteiger charge is -2.46. The lowest BCUT2D eigenvalue weighted by atomic mass is 9.70. The fourth-order valence-electron chi connectivity index (χ4n) is 3.32. The maximum atomic E-state index is 13.0. The zero-order valence-corrected chi connectivity index (χ0v) is 13.0. The highest BCUT2D eigenvalue weighted by Crippen LogP contribution is 2.48. The van der Waals surface area contributed by atoms with Gasteiger partial charge in [-0.15, -0.1) is 0 Å². The first-order valence-corrected chi connectivity index (χ1v) is 7.97. The molecule has 0 saturated heterocycles. The van der Waals surface area contributed by atoms with Crippen LogP contribution in [0.1, 0.15) is 45.5 Å². The number of benzene rings is 2. The van der Waals surface area contributed by atoms with E-state index in [1.807, 2.05) is 24.3 Å². The van der Waals surface area contributed by atoms with Gasteiger partial charge in [0.1, 0.15) is 11.4 Å². The summed E-state index contributed by atoms with van der Waals surface area (Å²) in [6.07, 6.45) is 4.52. The van der Waals surface area contributed by atoms with E-state index >= 15 is 0 Å². The highest BCUT2D eigenvalue weighted by Gasteiger charge is 2.49. The summed E-state index contributed by atoms with van der Waals surface area (Å²) in [6.45, 7) is 0. The second kappa shape index (κ2) is 5.34. The Morgan fingerprint density at radius 1 is 1.08 bits per heavy atom. The summed E-state index contributed by atoms with van der Waals surface area (Å²) < 4.78 is 6.19. The Kier molecular flexibility index (Phi) is 3.27. The van der Waals surface area contributed by atoms with E-state index in [9.17, 15) is 9.59 Å². The maximum absolute atomic E-state index is 13.0. The largest absolute Gasteiger partial charge is 0.482 e. The van der Waals surface area contributed by atoms with Crippen molar-refractivity contribution < 1.29 is 19.4 Å². The molecule has 2 aliphatic rings. The molecule has 1 spiro atoms. The quantitative estimate of drug-likeness (QED) is 0.851. The first kappa shape index (κ1) is 14.7. The zero-order chi connectivity index (χ0) is 16.7. The summed E-state index contributed by atoms with van der Waals surface area (Å²) in [5.74, 6) is -0.310. The zero-order valence-electron chi connectivity index (χ0n) is 13.0. The molecule has 24 heavy (non-hydrogen) atoms. The number of fused-ring (bicyclic) bond motifs is 1. The van der Waals surface area contributed by atoms with Crippen molar-refractivity contribution in [2.45, 2.75) is 24.9 Å². The van der Waals surface area contributed by atoms with E-state index in [2.05, 4.69) is 0 Å².